The number of rotatable bonds is 6. The molecule has 1 heterocycles. The maximum absolute atomic E-state index is 13.1. The first-order valence-corrected chi connectivity index (χ1v) is 12.7. The first-order chi connectivity index (χ1) is 16.1. The minimum atomic E-state index is -3.86. The number of hydrogen-bond acceptors (Lipinski definition) is 5. The Morgan fingerprint density at radius 2 is 1.88 bits per heavy atom. The molecule has 2 aromatic carbocycles. The molecule has 9 nitrogen and oxygen atoms in total. The lowest BCUT2D eigenvalue weighted by molar-refractivity contribution is -0.136. The molecule has 1 aliphatic heterocycles. The van der Waals surface area contributed by atoms with Crippen LogP contribution in [-0.2, 0) is 19.6 Å². The van der Waals surface area contributed by atoms with E-state index in [1.165, 1.54) is 25.2 Å². The third-order valence-electron chi connectivity index (χ3n) is 6.70. The average molecular weight is 485 g/mol. The summed E-state index contributed by atoms with van der Waals surface area (Å²) in [5.41, 5.74) is -0.187. The molecule has 10 heteroatoms. The maximum atomic E-state index is 13.1. The Hall–Kier alpha value is -3.40. The molecule has 1 spiro atoms. The molecule has 2 atom stereocenters. The van der Waals surface area contributed by atoms with Crippen molar-refractivity contribution in [1.82, 2.24) is 10.2 Å². The molecule has 2 aliphatic rings. The van der Waals surface area contributed by atoms with E-state index in [-0.39, 0.29) is 22.4 Å². The van der Waals surface area contributed by atoms with E-state index in [0.717, 1.165) is 28.5 Å². The van der Waals surface area contributed by atoms with Crippen LogP contribution < -0.4 is 14.9 Å². The van der Waals surface area contributed by atoms with Crippen molar-refractivity contribution in [3.05, 3.63) is 54.6 Å². The van der Waals surface area contributed by atoms with Crippen molar-refractivity contribution < 1.29 is 22.8 Å². The van der Waals surface area contributed by atoms with Crippen LogP contribution in [0.1, 0.15) is 32.6 Å². The van der Waals surface area contributed by atoms with E-state index in [4.69, 9.17) is 0 Å². The summed E-state index contributed by atoms with van der Waals surface area (Å²) in [6.07, 6.45) is 3.25. The molecule has 180 valence electrons. The molecule has 1 aliphatic carbocycles. The largest absolute Gasteiger partial charge is 0.325 e. The van der Waals surface area contributed by atoms with Crippen molar-refractivity contribution in [2.45, 2.75) is 43.0 Å². The number of nitrogens with zero attached hydrogens (tertiary/aromatic N) is 2. The Kier molecular flexibility index (Phi) is 6.35. The lowest BCUT2D eigenvalue weighted by Gasteiger charge is -2.36. The van der Waals surface area contributed by atoms with Gasteiger partial charge in [-0.05, 0) is 49.1 Å². The summed E-state index contributed by atoms with van der Waals surface area (Å²) >= 11 is 0. The molecule has 2 fully saturated rings. The summed E-state index contributed by atoms with van der Waals surface area (Å²) in [6, 6.07) is 13.9. The molecule has 34 heavy (non-hydrogen) atoms. The third kappa shape index (κ3) is 4.25. The van der Waals surface area contributed by atoms with Crippen LogP contribution in [0.25, 0.3) is 0 Å². The van der Waals surface area contributed by atoms with Gasteiger partial charge < -0.3 is 10.6 Å². The molecule has 0 bridgehead atoms. The highest BCUT2D eigenvalue weighted by atomic mass is 32.2. The molecule has 2 N–H and O–H groups in total. The highest BCUT2D eigenvalue weighted by Gasteiger charge is 2.55. The zero-order valence-electron chi connectivity index (χ0n) is 19.2. The Balaban J connectivity index is 1.47. The van der Waals surface area contributed by atoms with E-state index in [1.54, 1.807) is 36.4 Å². The standard InChI is InChI=1S/C24H28N4O5S/c1-17-9-6-7-14-24(17)22(30)28(23(31)26-24)16-21(29)25-18-10-8-13-20(15-18)34(32,33)27(2)19-11-4-3-5-12-19/h3-5,8,10-13,15,17H,6-7,9,14,16H2,1-2H3,(H,25,29)(H,26,31)/t17-,24-/m0/s1. The normalized spacial score (nSPS) is 22.5. The number of para-hydroxylation sites is 1. The number of carbonyl (C=O) groups is 3. The van der Waals surface area contributed by atoms with Crippen LogP contribution in [0, 0.1) is 5.92 Å². The number of benzene rings is 2. The Morgan fingerprint density at radius 3 is 2.59 bits per heavy atom. The van der Waals surface area contributed by atoms with Gasteiger partial charge in [0.1, 0.15) is 12.1 Å². The summed E-state index contributed by atoms with van der Waals surface area (Å²) in [6.45, 7) is 1.50. The zero-order valence-corrected chi connectivity index (χ0v) is 20.0. The van der Waals surface area contributed by atoms with Crippen LogP contribution in [0.2, 0.25) is 0 Å². The number of carbonyl (C=O) groups excluding carboxylic acids is 3. The Labute approximate surface area is 199 Å². The molecule has 1 saturated carbocycles. The summed E-state index contributed by atoms with van der Waals surface area (Å²) in [4.78, 5) is 39.2. The van der Waals surface area contributed by atoms with Gasteiger partial charge in [-0.25, -0.2) is 13.2 Å². The number of urea groups is 1. The van der Waals surface area contributed by atoms with Crippen molar-refractivity contribution in [1.29, 1.82) is 0 Å². The number of nitrogens with one attached hydrogen (secondary N) is 2. The van der Waals surface area contributed by atoms with Crippen LogP contribution in [0.3, 0.4) is 0 Å². The second-order valence-electron chi connectivity index (χ2n) is 8.82. The number of imide groups is 1. The lowest BCUT2D eigenvalue weighted by Crippen LogP contribution is -2.54. The van der Waals surface area contributed by atoms with Crippen molar-refractivity contribution in [3.63, 3.8) is 0 Å². The molecule has 0 unspecified atom stereocenters. The smallest absolute Gasteiger partial charge is 0.324 e. The zero-order chi connectivity index (χ0) is 24.5. The van der Waals surface area contributed by atoms with E-state index < -0.39 is 34.0 Å². The topological polar surface area (TPSA) is 116 Å². The fourth-order valence-corrected chi connectivity index (χ4v) is 5.89. The first kappa shape index (κ1) is 23.7. The average Bonchev–Trinajstić information content (AvgIpc) is 3.06. The number of hydrogen-bond donors (Lipinski definition) is 2. The number of sulfonamides is 1. The summed E-state index contributed by atoms with van der Waals surface area (Å²) in [7, 11) is -2.41. The van der Waals surface area contributed by atoms with Gasteiger partial charge in [0.25, 0.3) is 15.9 Å². The molecule has 4 rings (SSSR count). The fourth-order valence-electron chi connectivity index (χ4n) is 4.65. The van der Waals surface area contributed by atoms with E-state index in [0.29, 0.717) is 12.1 Å². The first-order valence-electron chi connectivity index (χ1n) is 11.2. The van der Waals surface area contributed by atoms with Crippen molar-refractivity contribution in [2.75, 3.05) is 23.2 Å². The lowest BCUT2D eigenvalue weighted by atomic mass is 9.73. The van der Waals surface area contributed by atoms with E-state index in [1.807, 2.05) is 6.92 Å². The monoisotopic (exact) mass is 484 g/mol. The maximum Gasteiger partial charge on any atom is 0.325 e. The Bertz CT molecular complexity index is 1220. The minimum absolute atomic E-state index is 0.00151. The van der Waals surface area contributed by atoms with Gasteiger partial charge in [-0.15, -0.1) is 0 Å². The molecule has 1 saturated heterocycles. The molecule has 4 amide bonds. The van der Waals surface area contributed by atoms with Crippen molar-refractivity contribution >= 4 is 39.2 Å². The van der Waals surface area contributed by atoms with Crippen LogP contribution in [-0.4, -0.2) is 50.3 Å². The van der Waals surface area contributed by atoms with Gasteiger partial charge in [-0.1, -0.05) is 44.0 Å². The molecule has 2 aromatic rings. The van der Waals surface area contributed by atoms with E-state index in [9.17, 15) is 22.8 Å². The minimum Gasteiger partial charge on any atom is -0.324 e. The van der Waals surface area contributed by atoms with Crippen LogP contribution in [0.15, 0.2) is 59.5 Å². The van der Waals surface area contributed by atoms with Crippen LogP contribution >= 0.6 is 0 Å². The van der Waals surface area contributed by atoms with Gasteiger partial charge >= 0.3 is 6.03 Å². The second kappa shape index (κ2) is 9.09. The van der Waals surface area contributed by atoms with Gasteiger partial charge in [-0.2, -0.15) is 0 Å². The van der Waals surface area contributed by atoms with Gasteiger partial charge in [0.05, 0.1) is 10.6 Å². The van der Waals surface area contributed by atoms with Crippen molar-refractivity contribution in [3.8, 4) is 0 Å². The van der Waals surface area contributed by atoms with Gasteiger partial charge in [-0.3, -0.25) is 18.8 Å². The third-order valence-corrected chi connectivity index (χ3v) is 8.48. The quantitative estimate of drug-likeness (QED) is 0.612. The fraction of sp³-hybridized carbons (Fsp3) is 0.375. The van der Waals surface area contributed by atoms with Gasteiger partial charge in [0.15, 0.2) is 0 Å². The molecule has 0 aromatic heterocycles. The predicted molar refractivity (Wildman–Crippen MR) is 128 cm³/mol. The van der Waals surface area contributed by atoms with Gasteiger partial charge in [0.2, 0.25) is 5.91 Å². The van der Waals surface area contributed by atoms with E-state index >= 15 is 0 Å². The summed E-state index contributed by atoms with van der Waals surface area (Å²) in [5, 5.41) is 5.43. The highest BCUT2D eigenvalue weighted by Crippen LogP contribution is 2.38. The Morgan fingerprint density at radius 1 is 1.15 bits per heavy atom. The van der Waals surface area contributed by atoms with Crippen LogP contribution in [0.5, 0.6) is 0 Å². The summed E-state index contributed by atoms with van der Waals surface area (Å²) in [5.74, 6) is -0.968. The molecular weight excluding hydrogens is 456 g/mol. The number of anilines is 2. The molecule has 0 radical (unpaired) electrons. The SMILES string of the molecule is C[C@H]1CCCC[C@]12NC(=O)N(CC(=O)Nc1cccc(S(=O)(=O)N(C)c3ccccc3)c1)C2=O. The predicted octanol–water partition coefficient (Wildman–Crippen LogP) is 2.95. The summed E-state index contributed by atoms with van der Waals surface area (Å²) < 4.78 is 27.2. The highest BCUT2D eigenvalue weighted by molar-refractivity contribution is 7.92. The van der Waals surface area contributed by atoms with Crippen molar-refractivity contribution in [2.24, 2.45) is 5.92 Å². The van der Waals surface area contributed by atoms with Gasteiger partial charge in [0, 0.05) is 12.7 Å². The molecular formula is C24H28N4O5S. The van der Waals surface area contributed by atoms with Crippen LogP contribution in [0.4, 0.5) is 16.2 Å². The number of amides is 4. The second-order valence-corrected chi connectivity index (χ2v) is 10.8. The van der Waals surface area contributed by atoms with E-state index in [2.05, 4.69) is 10.6 Å².